The highest BCUT2D eigenvalue weighted by Gasteiger charge is 2.46. The number of thiazole rings is 2. The third-order valence-electron chi connectivity index (χ3n) is 22.7. The van der Waals surface area contributed by atoms with Gasteiger partial charge >= 0.3 is 0 Å². The topological polar surface area (TPSA) is 92.0 Å². The molecular formula is C98H73B2IN10S2. The minimum Gasteiger partial charge on any atom is -0.356 e. The van der Waals surface area contributed by atoms with Crippen molar-refractivity contribution in [1.29, 1.82) is 0 Å². The number of pyridine rings is 2. The number of aromatic nitrogens is 6. The Morgan fingerprint density at radius 2 is 0.779 bits per heavy atom. The third kappa shape index (κ3) is 11.6. The second-order valence-corrected chi connectivity index (χ2v) is 35.0. The van der Waals surface area contributed by atoms with Crippen molar-refractivity contribution in [3.05, 3.63) is 336 Å². The Balaban J connectivity index is 0.000000134. The van der Waals surface area contributed by atoms with Gasteiger partial charge in [-0.25, -0.2) is 19.9 Å². The average molecular weight is 1600 g/mol. The molecule has 2 N–H and O–H groups in total. The standard InChI is InChI=1S/C52H38BN5S.C40H30BN5S.C6H5I/c1-52(2,3)34-29-46-50-47(30-34)57(36-18-8-5-9-19-36)45-31-38-37-20-10-12-22-42(37)58(49-24-14-15-27-54-49)44(38)32-40(45)53(50)39-28-33(51-55-41-21-11-13-23-48(41)59-51)25-26-43(39)56(46)35-16-6-4-7-17-35;1-40(2,3)24-19-32-38-33(20-24)44-31-21-26-25-10-4-6-12-34(25)46(37-14-8-9-17-42-37)35(26)22-28(31)41(38)27-18-23(15-16-29(27)43-32)39-45-30-11-5-7-13-36(30)47-39;7-6-4-2-1-3-5-6/h4-32H,1-3H3;4-22,43-44H,1-3H3;1-5H. The number of halogens is 1. The van der Waals surface area contributed by atoms with Crippen LogP contribution in [0.3, 0.4) is 0 Å². The van der Waals surface area contributed by atoms with Gasteiger partial charge in [-0.05, 0) is 247 Å². The number of benzene rings is 13. The van der Waals surface area contributed by atoms with Crippen LogP contribution in [0.4, 0.5) is 56.9 Å². The first-order chi connectivity index (χ1) is 55.2. The van der Waals surface area contributed by atoms with Crippen LogP contribution in [-0.2, 0) is 10.8 Å². The fraction of sp³-hybridized carbons (Fsp3) is 0.0816. The molecule has 0 unspecified atom stereocenters. The van der Waals surface area contributed by atoms with Crippen LogP contribution in [0.25, 0.3) is 96.8 Å². The van der Waals surface area contributed by atoms with Crippen molar-refractivity contribution in [2.45, 2.75) is 52.4 Å². The Labute approximate surface area is 678 Å². The zero-order valence-corrected chi connectivity index (χ0v) is 66.8. The van der Waals surface area contributed by atoms with Crippen LogP contribution in [0.5, 0.6) is 0 Å². The van der Waals surface area contributed by atoms with Gasteiger partial charge < -0.3 is 20.4 Å². The van der Waals surface area contributed by atoms with Gasteiger partial charge in [0.05, 0.1) is 42.5 Å². The predicted molar refractivity (Wildman–Crippen MR) is 489 cm³/mol. The number of hydrogen-bond donors (Lipinski definition) is 2. The quantitative estimate of drug-likeness (QED) is 0.126. The lowest BCUT2D eigenvalue weighted by molar-refractivity contribution is 0.590. The lowest BCUT2D eigenvalue weighted by Crippen LogP contribution is -2.61. The Hall–Kier alpha value is -12.4. The zero-order chi connectivity index (χ0) is 76.0. The minimum atomic E-state index is -0.108. The highest BCUT2D eigenvalue weighted by molar-refractivity contribution is 14.1. The van der Waals surface area contributed by atoms with Crippen molar-refractivity contribution in [2.24, 2.45) is 0 Å². The number of hydrogen-bond acceptors (Lipinski definition) is 10. The molecule has 0 radical (unpaired) electrons. The molecule has 0 amide bonds. The van der Waals surface area contributed by atoms with Crippen molar-refractivity contribution in [2.75, 3.05) is 20.4 Å². The van der Waals surface area contributed by atoms with Crippen LogP contribution in [0, 0.1) is 3.57 Å². The molecule has 19 aromatic rings. The SMILES string of the molecule is CC(C)(C)c1cc2c3c(c1)N(c1ccccc1)c1cc4c5ccccc5n(-c5ccccn5)c4cc1B3c1cc(-c3nc4ccccc4s3)ccc1N2c1ccccc1.CC(C)(C)c1cc2c3c(c1)Nc1cc4c5ccccc5n(-c5ccccn5)c4cc1B3c1cc(-c3nc4ccccc4s3)ccc1N2.Ic1ccccc1. The molecule has 0 saturated carbocycles. The van der Waals surface area contributed by atoms with Gasteiger partial charge in [0.25, 0.3) is 13.4 Å². The average Bonchev–Trinajstić information content (AvgIpc) is 0.762. The highest BCUT2D eigenvalue weighted by atomic mass is 127. The molecule has 0 spiro atoms. The van der Waals surface area contributed by atoms with Gasteiger partial charge in [-0.2, -0.15) is 0 Å². The Morgan fingerprint density at radius 1 is 0.336 bits per heavy atom. The summed E-state index contributed by atoms with van der Waals surface area (Å²) in [5.74, 6) is 1.82. The van der Waals surface area contributed by atoms with Gasteiger partial charge in [-0.3, -0.25) is 9.13 Å². The van der Waals surface area contributed by atoms with Crippen LogP contribution in [-0.4, -0.2) is 42.5 Å². The summed E-state index contributed by atoms with van der Waals surface area (Å²) in [6, 6.07) is 112. The number of para-hydroxylation sites is 6. The number of fused-ring (bicyclic) bond motifs is 16. The van der Waals surface area contributed by atoms with E-state index in [1.54, 1.807) is 22.7 Å². The molecule has 23 rings (SSSR count). The van der Waals surface area contributed by atoms with Crippen molar-refractivity contribution in [1.82, 2.24) is 29.1 Å². The summed E-state index contributed by atoms with van der Waals surface area (Å²) in [6.07, 6.45) is 3.76. The summed E-state index contributed by atoms with van der Waals surface area (Å²) in [5.41, 5.74) is 30.7. The van der Waals surface area contributed by atoms with E-state index >= 15 is 0 Å². The number of rotatable bonds is 6. The third-order valence-corrected chi connectivity index (χ3v) is 25.6. The molecule has 0 aliphatic carbocycles. The van der Waals surface area contributed by atoms with E-state index in [2.05, 4.69) is 373 Å². The van der Waals surface area contributed by atoms with E-state index in [-0.39, 0.29) is 24.3 Å². The molecule has 4 aliphatic rings. The van der Waals surface area contributed by atoms with Crippen LogP contribution in [0.15, 0.2) is 322 Å². The highest BCUT2D eigenvalue weighted by Crippen LogP contribution is 2.49. The summed E-state index contributed by atoms with van der Waals surface area (Å²) < 4.78 is 8.34. The molecule has 113 heavy (non-hydrogen) atoms. The summed E-state index contributed by atoms with van der Waals surface area (Å²) in [5, 5.41) is 14.7. The molecule has 15 heteroatoms. The van der Waals surface area contributed by atoms with E-state index in [0.29, 0.717) is 0 Å². The van der Waals surface area contributed by atoms with Crippen LogP contribution >= 0.6 is 45.3 Å². The van der Waals surface area contributed by atoms with Crippen LogP contribution in [0.2, 0.25) is 0 Å². The maximum absolute atomic E-state index is 5.17. The van der Waals surface area contributed by atoms with Crippen molar-refractivity contribution in [3.8, 4) is 32.8 Å². The molecule has 4 aliphatic heterocycles. The molecule has 0 saturated heterocycles. The maximum Gasteiger partial charge on any atom is 0.252 e. The van der Waals surface area contributed by atoms with Gasteiger partial charge in [-0.15, -0.1) is 22.7 Å². The molecule has 10 heterocycles. The normalized spacial score (nSPS) is 13.0. The van der Waals surface area contributed by atoms with Gasteiger partial charge in [0.1, 0.15) is 21.7 Å². The summed E-state index contributed by atoms with van der Waals surface area (Å²) >= 11 is 5.79. The molecular weight excluding hydrogens is 1530 g/mol. The molecule has 6 aromatic heterocycles. The van der Waals surface area contributed by atoms with E-state index < -0.39 is 0 Å². The predicted octanol–water partition coefficient (Wildman–Crippen LogP) is 22.5. The molecule has 540 valence electrons. The van der Waals surface area contributed by atoms with Crippen LogP contribution in [0.1, 0.15) is 52.7 Å². The first-order valence-corrected chi connectivity index (χ1v) is 41.2. The summed E-state index contributed by atoms with van der Waals surface area (Å²) in [7, 11) is 0. The smallest absolute Gasteiger partial charge is 0.252 e. The van der Waals surface area contributed by atoms with E-state index in [0.717, 1.165) is 88.6 Å². The number of nitrogens with one attached hydrogen (secondary N) is 2. The Bertz CT molecular complexity index is 6950. The monoisotopic (exact) mass is 1600 g/mol. The minimum absolute atomic E-state index is 0.00169. The van der Waals surface area contributed by atoms with Crippen LogP contribution < -0.4 is 53.2 Å². The van der Waals surface area contributed by atoms with E-state index in [1.165, 1.54) is 113 Å². The fourth-order valence-corrected chi connectivity index (χ4v) is 19.7. The molecule has 0 fully saturated rings. The summed E-state index contributed by atoms with van der Waals surface area (Å²) in [4.78, 5) is 24.9. The molecule has 10 nitrogen and oxygen atoms in total. The van der Waals surface area contributed by atoms with Crippen molar-refractivity contribution >= 4 is 212 Å². The van der Waals surface area contributed by atoms with Gasteiger partial charge in [0.2, 0.25) is 0 Å². The van der Waals surface area contributed by atoms with E-state index in [1.807, 2.05) is 42.7 Å². The second kappa shape index (κ2) is 26.9. The number of nitrogens with zero attached hydrogens (tertiary/aromatic N) is 8. The van der Waals surface area contributed by atoms with Gasteiger partial charge in [0.15, 0.2) is 0 Å². The first kappa shape index (κ1) is 68.6. The Morgan fingerprint density at radius 3 is 1.31 bits per heavy atom. The maximum atomic E-state index is 5.17. The fourth-order valence-electron chi connectivity index (χ4n) is 17.4. The zero-order valence-electron chi connectivity index (χ0n) is 63.0. The van der Waals surface area contributed by atoms with Gasteiger partial charge in [-0.1, -0.05) is 181 Å². The lowest BCUT2D eigenvalue weighted by atomic mass is 9.33. The number of anilines is 10. The molecule has 0 bridgehead atoms. The van der Waals surface area contributed by atoms with E-state index in [9.17, 15) is 0 Å². The largest absolute Gasteiger partial charge is 0.356 e. The van der Waals surface area contributed by atoms with Crippen molar-refractivity contribution < 1.29 is 0 Å². The second-order valence-electron chi connectivity index (χ2n) is 31.7. The van der Waals surface area contributed by atoms with E-state index in [4.69, 9.17) is 19.9 Å². The lowest BCUT2D eigenvalue weighted by Gasteiger charge is -2.45. The summed E-state index contributed by atoms with van der Waals surface area (Å²) in [6.45, 7) is 13.8. The molecule has 13 aromatic carbocycles. The Kier molecular flexibility index (Phi) is 16.4. The van der Waals surface area contributed by atoms with Crippen molar-refractivity contribution in [3.63, 3.8) is 0 Å². The van der Waals surface area contributed by atoms with Gasteiger partial charge in [0, 0.05) is 106 Å². The molecule has 0 atom stereocenters. The first-order valence-electron chi connectivity index (χ1n) is 38.5.